The van der Waals surface area contributed by atoms with E-state index in [1.807, 2.05) is 18.7 Å². The number of aryl methyl sites for hydroxylation is 1. The van der Waals surface area contributed by atoms with Crippen molar-refractivity contribution < 1.29 is 9.59 Å². The predicted octanol–water partition coefficient (Wildman–Crippen LogP) is 1.91. The van der Waals surface area contributed by atoms with Crippen LogP contribution in [0.1, 0.15) is 25.5 Å². The SMILES string of the molecule is C=CC(=O)N1CCN(C(=O)C2CCCN(c3nc(C)cs3)C2)[C@@H](C)C1. The van der Waals surface area contributed by atoms with Gasteiger partial charge in [-0.05, 0) is 32.8 Å². The van der Waals surface area contributed by atoms with Crippen molar-refractivity contribution in [2.45, 2.75) is 32.7 Å². The number of carbonyl (C=O) groups is 2. The second-order valence-electron chi connectivity index (χ2n) is 6.93. The lowest BCUT2D eigenvalue weighted by Gasteiger charge is -2.42. The molecule has 0 aliphatic carbocycles. The van der Waals surface area contributed by atoms with Crippen molar-refractivity contribution in [3.63, 3.8) is 0 Å². The number of rotatable bonds is 3. The number of amides is 2. The fraction of sp³-hybridized carbons (Fsp3) is 0.611. The minimum atomic E-state index is -0.0538. The average molecular weight is 362 g/mol. The Labute approximate surface area is 153 Å². The third-order valence-electron chi connectivity index (χ3n) is 5.04. The zero-order chi connectivity index (χ0) is 18.0. The lowest BCUT2D eigenvalue weighted by atomic mass is 9.95. The van der Waals surface area contributed by atoms with E-state index in [0.717, 1.165) is 36.8 Å². The molecule has 25 heavy (non-hydrogen) atoms. The Morgan fingerprint density at radius 1 is 1.32 bits per heavy atom. The van der Waals surface area contributed by atoms with Crippen LogP contribution in [0.4, 0.5) is 5.13 Å². The molecule has 1 aromatic rings. The Morgan fingerprint density at radius 2 is 2.12 bits per heavy atom. The Morgan fingerprint density at radius 3 is 2.76 bits per heavy atom. The second kappa shape index (κ2) is 7.56. The first-order valence-electron chi connectivity index (χ1n) is 8.88. The summed E-state index contributed by atoms with van der Waals surface area (Å²) in [7, 11) is 0. The molecule has 0 spiro atoms. The van der Waals surface area contributed by atoms with Crippen molar-refractivity contribution in [1.29, 1.82) is 0 Å². The maximum absolute atomic E-state index is 13.1. The maximum atomic E-state index is 13.1. The first-order chi connectivity index (χ1) is 12.0. The zero-order valence-corrected chi connectivity index (χ0v) is 15.8. The predicted molar refractivity (Wildman–Crippen MR) is 99.7 cm³/mol. The molecule has 0 radical (unpaired) electrons. The molecular weight excluding hydrogens is 336 g/mol. The first kappa shape index (κ1) is 17.9. The van der Waals surface area contributed by atoms with E-state index in [2.05, 4.69) is 21.8 Å². The van der Waals surface area contributed by atoms with Gasteiger partial charge in [0.15, 0.2) is 5.13 Å². The van der Waals surface area contributed by atoms with Crippen molar-refractivity contribution in [2.75, 3.05) is 37.6 Å². The van der Waals surface area contributed by atoms with Crippen LogP contribution in [-0.4, -0.2) is 65.4 Å². The highest BCUT2D eigenvalue weighted by Gasteiger charge is 2.35. The molecule has 2 saturated heterocycles. The number of hydrogen-bond acceptors (Lipinski definition) is 5. The monoisotopic (exact) mass is 362 g/mol. The normalized spacial score (nSPS) is 24.3. The minimum absolute atomic E-state index is 0.0158. The molecular formula is C18H26N4O2S. The van der Waals surface area contributed by atoms with E-state index in [0.29, 0.717) is 19.6 Å². The quantitative estimate of drug-likeness (QED) is 0.771. The molecule has 2 aliphatic heterocycles. The smallest absolute Gasteiger partial charge is 0.246 e. The molecule has 3 rings (SSSR count). The van der Waals surface area contributed by atoms with E-state index in [1.54, 1.807) is 16.2 Å². The van der Waals surface area contributed by atoms with Crippen LogP contribution in [-0.2, 0) is 9.59 Å². The topological polar surface area (TPSA) is 56.8 Å². The fourth-order valence-corrected chi connectivity index (χ4v) is 4.53. The maximum Gasteiger partial charge on any atom is 0.246 e. The third-order valence-corrected chi connectivity index (χ3v) is 6.06. The summed E-state index contributed by atoms with van der Waals surface area (Å²) in [5.41, 5.74) is 1.03. The molecule has 2 aliphatic rings. The van der Waals surface area contributed by atoms with E-state index >= 15 is 0 Å². The fourth-order valence-electron chi connectivity index (χ4n) is 3.69. The van der Waals surface area contributed by atoms with Gasteiger partial charge in [-0.2, -0.15) is 0 Å². The molecule has 6 nitrogen and oxygen atoms in total. The van der Waals surface area contributed by atoms with Crippen LogP contribution in [0.3, 0.4) is 0 Å². The highest BCUT2D eigenvalue weighted by Crippen LogP contribution is 2.28. The van der Waals surface area contributed by atoms with Gasteiger partial charge in [-0.15, -0.1) is 11.3 Å². The number of piperidine rings is 1. The lowest BCUT2D eigenvalue weighted by molar-refractivity contribution is -0.143. The average Bonchev–Trinajstić information content (AvgIpc) is 3.07. The van der Waals surface area contributed by atoms with Gasteiger partial charge in [0.05, 0.1) is 11.6 Å². The Balaban J connectivity index is 1.62. The molecule has 2 fully saturated rings. The number of anilines is 1. The molecule has 0 bridgehead atoms. The molecule has 136 valence electrons. The van der Waals surface area contributed by atoms with Gasteiger partial charge in [-0.1, -0.05) is 6.58 Å². The number of hydrogen-bond donors (Lipinski definition) is 0. The van der Waals surface area contributed by atoms with E-state index in [9.17, 15) is 9.59 Å². The van der Waals surface area contributed by atoms with Gasteiger partial charge >= 0.3 is 0 Å². The van der Waals surface area contributed by atoms with E-state index < -0.39 is 0 Å². The number of thiazole rings is 1. The van der Waals surface area contributed by atoms with Gasteiger partial charge in [0.1, 0.15) is 0 Å². The zero-order valence-electron chi connectivity index (χ0n) is 15.0. The van der Waals surface area contributed by atoms with Gasteiger partial charge in [0, 0.05) is 44.1 Å². The minimum Gasteiger partial charge on any atom is -0.347 e. The van der Waals surface area contributed by atoms with Crippen LogP contribution in [0.2, 0.25) is 0 Å². The number of carbonyl (C=O) groups excluding carboxylic acids is 2. The van der Waals surface area contributed by atoms with Gasteiger partial charge < -0.3 is 14.7 Å². The first-order valence-corrected chi connectivity index (χ1v) is 9.76. The van der Waals surface area contributed by atoms with Crippen LogP contribution < -0.4 is 4.90 Å². The van der Waals surface area contributed by atoms with Crippen molar-refractivity contribution in [2.24, 2.45) is 5.92 Å². The van der Waals surface area contributed by atoms with Crippen molar-refractivity contribution in [3.05, 3.63) is 23.7 Å². The number of aromatic nitrogens is 1. The van der Waals surface area contributed by atoms with Crippen molar-refractivity contribution >= 4 is 28.3 Å². The molecule has 3 heterocycles. The van der Waals surface area contributed by atoms with Crippen molar-refractivity contribution in [3.8, 4) is 0 Å². The van der Waals surface area contributed by atoms with Crippen LogP contribution in [0.5, 0.6) is 0 Å². The summed E-state index contributed by atoms with van der Waals surface area (Å²) in [6, 6.07) is 0.0441. The summed E-state index contributed by atoms with van der Waals surface area (Å²) in [5, 5.41) is 3.07. The summed E-state index contributed by atoms with van der Waals surface area (Å²) in [6.45, 7) is 11.0. The Hall–Kier alpha value is -1.89. The summed E-state index contributed by atoms with van der Waals surface area (Å²) < 4.78 is 0. The van der Waals surface area contributed by atoms with Gasteiger partial charge in [0.2, 0.25) is 11.8 Å². The van der Waals surface area contributed by atoms with Crippen LogP contribution >= 0.6 is 11.3 Å². The Bertz CT molecular complexity index is 659. The summed E-state index contributed by atoms with van der Waals surface area (Å²) in [6.07, 6.45) is 3.29. The highest BCUT2D eigenvalue weighted by molar-refractivity contribution is 7.13. The summed E-state index contributed by atoms with van der Waals surface area (Å²) in [4.78, 5) is 35.4. The molecule has 1 aromatic heterocycles. The molecule has 2 atom stereocenters. The van der Waals surface area contributed by atoms with E-state index in [-0.39, 0.29) is 23.8 Å². The van der Waals surface area contributed by atoms with Gasteiger partial charge in [0.25, 0.3) is 0 Å². The van der Waals surface area contributed by atoms with E-state index in [1.165, 1.54) is 6.08 Å². The molecule has 1 unspecified atom stereocenters. The highest BCUT2D eigenvalue weighted by atomic mass is 32.1. The lowest BCUT2D eigenvalue weighted by Crippen LogP contribution is -2.57. The number of nitrogens with zero attached hydrogens (tertiary/aromatic N) is 4. The number of piperazine rings is 1. The summed E-state index contributed by atoms with van der Waals surface area (Å²) in [5.74, 6) is 0.181. The van der Waals surface area contributed by atoms with Gasteiger partial charge in [-0.25, -0.2) is 4.98 Å². The molecule has 0 saturated carbocycles. The standard InChI is InChI=1S/C18H26N4O2S/c1-4-16(23)20-8-9-22(14(3)10-20)17(24)15-6-5-7-21(11-15)18-19-13(2)12-25-18/h4,12,14-15H,1,5-11H2,2-3H3/t14-,15?/m0/s1. The van der Waals surface area contributed by atoms with Crippen molar-refractivity contribution in [1.82, 2.24) is 14.8 Å². The summed E-state index contributed by atoms with van der Waals surface area (Å²) >= 11 is 1.65. The van der Waals surface area contributed by atoms with Crippen LogP contribution in [0, 0.1) is 12.8 Å². The molecule has 2 amide bonds. The largest absolute Gasteiger partial charge is 0.347 e. The Kier molecular flexibility index (Phi) is 5.42. The second-order valence-corrected chi connectivity index (χ2v) is 7.76. The van der Waals surface area contributed by atoms with Crippen LogP contribution in [0.25, 0.3) is 0 Å². The molecule has 7 heteroatoms. The third kappa shape index (κ3) is 3.86. The van der Waals surface area contributed by atoms with Crippen LogP contribution in [0.15, 0.2) is 18.0 Å². The molecule has 0 N–H and O–H groups in total. The van der Waals surface area contributed by atoms with E-state index in [4.69, 9.17) is 0 Å². The van der Waals surface area contributed by atoms with Gasteiger partial charge in [-0.3, -0.25) is 9.59 Å². The molecule has 0 aromatic carbocycles.